The van der Waals surface area contributed by atoms with Crippen molar-refractivity contribution in [1.29, 1.82) is 0 Å². The predicted molar refractivity (Wildman–Crippen MR) is 167 cm³/mol. The Kier molecular flexibility index (Phi) is 7.05. The molecule has 9 heteroatoms. The molecule has 0 fully saturated rings. The molecule has 0 aliphatic rings. The first-order valence-corrected chi connectivity index (χ1v) is 14.8. The van der Waals surface area contributed by atoms with Gasteiger partial charge in [-0.05, 0) is 79.1 Å². The van der Waals surface area contributed by atoms with Gasteiger partial charge in [0.05, 0.1) is 33.8 Å². The highest BCUT2D eigenvalue weighted by molar-refractivity contribution is 7.85. The van der Waals surface area contributed by atoms with Crippen molar-refractivity contribution in [1.82, 2.24) is 0 Å². The van der Waals surface area contributed by atoms with Crippen molar-refractivity contribution in [2.45, 2.75) is 18.7 Å². The van der Waals surface area contributed by atoms with E-state index in [0.29, 0.717) is 44.6 Å². The van der Waals surface area contributed by atoms with E-state index in [0.717, 1.165) is 22.3 Å². The third-order valence-electron chi connectivity index (χ3n) is 7.34. The van der Waals surface area contributed by atoms with Gasteiger partial charge in [-0.3, -0.25) is 4.55 Å². The maximum Gasteiger partial charge on any atom is 0.363 e. The minimum absolute atomic E-state index is 0.0650. The standard InChI is InChI=1S/C34H26N2O6S/c1-20-7-3-6-10-29(20)35-22-11-14-27-31(18-22)42-32-19-23(36-30-16-13-24(17-21(30)2)43(39,40)41)12-15-28(32)33(27)25-8-4-5-9-26(25)34(37)38/h3-19,35-36H,1-2H3,(H-,37,38,39,40,41). The van der Waals surface area contributed by atoms with E-state index >= 15 is 0 Å². The lowest BCUT2D eigenvalue weighted by Gasteiger charge is -2.14. The molecule has 1 aromatic heterocycles. The molecule has 5 aromatic carbocycles. The van der Waals surface area contributed by atoms with E-state index in [4.69, 9.17) is 4.42 Å². The first-order chi connectivity index (χ1) is 20.6. The predicted octanol–water partition coefficient (Wildman–Crippen LogP) is 7.25. The van der Waals surface area contributed by atoms with Gasteiger partial charge >= 0.3 is 11.2 Å². The fourth-order valence-electron chi connectivity index (χ4n) is 5.18. The summed E-state index contributed by atoms with van der Waals surface area (Å²) in [6.45, 7) is 3.75. The highest BCUT2D eigenvalue weighted by Gasteiger charge is 2.23. The van der Waals surface area contributed by atoms with Crippen molar-refractivity contribution in [3.8, 4) is 11.1 Å². The Labute approximate surface area is 248 Å². The van der Waals surface area contributed by atoms with Crippen LogP contribution in [0.5, 0.6) is 0 Å². The number of hydrogen-bond acceptors (Lipinski definition) is 6. The van der Waals surface area contributed by atoms with E-state index in [1.807, 2.05) is 61.5 Å². The van der Waals surface area contributed by atoms with Crippen LogP contribution in [0.1, 0.15) is 21.5 Å². The first kappa shape index (κ1) is 27.9. The minimum Gasteiger partial charge on any atom is -0.545 e. The van der Waals surface area contributed by atoms with Crippen molar-refractivity contribution in [3.63, 3.8) is 0 Å². The van der Waals surface area contributed by atoms with Crippen LogP contribution in [0, 0.1) is 13.8 Å². The number of nitrogens with one attached hydrogen (secondary N) is 2. The van der Waals surface area contributed by atoms with Crippen molar-refractivity contribution in [2.24, 2.45) is 0 Å². The van der Waals surface area contributed by atoms with Gasteiger partial charge in [-0.1, -0.05) is 42.5 Å². The van der Waals surface area contributed by atoms with Crippen LogP contribution in [0.2, 0.25) is 0 Å². The number of anilines is 4. The molecule has 214 valence electrons. The highest BCUT2D eigenvalue weighted by Crippen LogP contribution is 2.40. The molecule has 8 nitrogen and oxygen atoms in total. The van der Waals surface area contributed by atoms with Gasteiger partial charge in [0, 0.05) is 33.9 Å². The number of para-hydroxylation sites is 1. The van der Waals surface area contributed by atoms with Gasteiger partial charge in [0.15, 0.2) is 0 Å². The summed E-state index contributed by atoms with van der Waals surface area (Å²) >= 11 is 0. The average Bonchev–Trinajstić information content (AvgIpc) is 2.97. The largest absolute Gasteiger partial charge is 0.545 e. The third-order valence-corrected chi connectivity index (χ3v) is 8.19. The van der Waals surface area contributed by atoms with E-state index in [2.05, 4.69) is 10.6 Å². The molecule has 0 spiro atoms. The molecule has 0 saturated heterocycles. The van der Waals surface area contributed by atoms with E-state index < -0.39 is 16.1 Å². The Morgan fingerprint density at radius 2 is 1.30 bits per heavy atom. The summed E-state index contributed by atoms with van der Waals surface area (Å²) in [5.41, 5.74) is 7.05. The number of benzene rings is 5. The second kappa shape index (κ2) is 10.9. The van der Waals surface area contributed by atoms with Gasteiger partial charge in [-0.2, -0.15) is 8.42 Å². The lowest BCUT2D eigenvalue weighted by molar-refractivity contribution is -0.254. The van der Waals surface area contributed by atoms with E-state index in [1.165, 1.54) is 18.2 Å². The maximum absolute atomic E-state index is 12.1. The van der Waals surface area contributed by atoms with Gasteiger partial charge in [0.2, 0.25) is 0 Å². The van der Waals surface area contributed by atoms with E-state index in [1.54, 1.807) is 37.3 Å². The fraction of sp³-hybridized carbons (Fsp3) is 0.0588. The number of carbonyl (C=O) groups excluding carboxylic acids is 1. The van der Waals surface area contributed by atoms with E-state index in [-0.39, 0.29) is 10.5 Å². The van der Waals surface area contributed by atoms with Gasteiger partial charge in [0.25, 0.3) is 10.1 Å². The Morgan fingerprint density at radius 3 is 1.88 bits per heavy atom. The number of carboxylic acids is 1. The zero-order valence-electron chi connectivity index (χ0n) is 23.2. The number of rotatable bonds is 7. The van der Waals surface area contributed by atoms with Crippen molar-refractivity contribution in [2.75, 3.05) is 10.6 Å². The van der Waals surface area contributed by atoms with Crippen LogP contribution in [0.3, 0.4) is 0 Å². The molecule has 0 aliphatic carbocycles. The lowest BCUT2D eigenvalue weighted by Crippen LogP contribution is -2.23. The fourth-order valence-corrected chi connectivity index (χ4v) is 5.74. The second-order valence-electron chi connectivity index (χ2n) is 10.2. The van der Waals surface area contributed by atoms with Crippen LogP contribution in [-0.4, -0.2) is 18.9 Å². The van der Waals surface area contributed by atoms with Gasteiger partial charge in [-0.15, -0.1) is 0 Å². The van der Waals surface area contributed by atoms with Gasteiger partial charge in [-0.25, -0.2) is 4.42 Å². The molecule has 0 bridgehead atoms. The third kappa shape index (κ3) is 5.51. The summed E-state index contributed by atoms with van der Waals surface area (Å²) in [5.74, 6) is -1.28. The van der Waals surface area contributed by atoms with Crippen molar-refractivity contribution >= 4 is 60.8 Å². The summed E-state index contributed by atoms with van der Waals surface area (Å²) in [7, 11) is -4.33. The number of hydrogen-bond donors (Lipinski definition) is 3. The van der Waals surface area contributed by atoms with Crippen molar-refractivity contribution < 1.29 is 27.3 Å². The number of aromatic carboxylic acids is 1. The summed E-state index contributed by atoms with van der Waals surface area (Å²) in [4.78, 5) is 11.9. The molecule has 0 saturated carbocycles. The van der Waals surface area contributed by atoms with E-state index in [9.17, 15) is 22.9 Å². The van der Waals surface area contributed by atoms with Crippen LogP contribution in [-0.2, 0) is 10.1 Å². The number of carbonyl (C=O) groups is 1. The van der Waals surface area contributed by atoms with Crippen molar-refractivity contribution in [3.05, 3.63) is 120 Å². The molecule has 0 unspecified atom stereocenters. The van der Waals surface area contributed by atoms with Gasteiger partial charge in [0.1, 0.15) is 0 Å². The van der Waals surface area contributed by atoms with Crippen LogP contribution in [0.4, 0.5) is 22.7 Å². The Bertz CT molecular complexity index is 2180. The number of aryl methyl sites for hydroxylation is 2. The zero-order chi connectivity index (χ0) is 30.3. The summed E-state index contributed by atoms with van der Waals surface area (Å²) in [6, 6.07) is 30.1. The molecule has 0 atom stereocenters. The lowest BCUT2D eigenvalue weighted by atomic mass is 9.93. The van der Waals surface area contributed by atoms with Crippen LogP contribution < -0.4 is 15.7 Å². The van der Waals surface area contributed by atoms with Gasteiger partial charge < -0.3 is 20.5 Å². The molecule has 0 aliphatic heterocycles. The Hall–Kier alpha value is -5.25. The average molecular weight is 591 g/mol. The molecule has 0 amide bonds. The topological polar surface area (TPSA) is 130 Å². The highest BCUT2D eigenvalue weighted by atomic mass is 32.2. The molecule has 0 radical (unpaired) electrons. The number of carboxylic acid groups (broad SMARTS) is 1. The normalized spacial score (nSPS) is 11.5. The molecule has 43 heavy (non-hydrogen) atoms. The zero-order valence-corrected chi connectivity index (χ0v) is 24.0. The van der Waals surface area contributed by atoms with Crippen LogP contribution in [0.25, 0.3) is 33.1 Å². The van der Waals surface area contributed by atoms with Crippen LogP contribution >= 0.6 is 0 Å². The summed E-state index contributed by atoms with van der Waals surface area (Å²) < 4.78 is 38.9. The molecule has 6 rings (SSSR count). The van der Waals surface area contributed by atoms with Crippen LogP contribution in [0.15, 0.2) is 112 Å². The molecular weight excluding hydrogens is 564 g/mol. The first-order valence-electron chi connectivity index (χ1n) is 13.4. The smallest absolute Gasteiger partial charge is 0.363 e. The second-order valence-corrected chi connectivity index (χ2v) is 11.7. The minimum atomic E-state index is -4.33. The summed E-state index contributed by atoms with van der Waals surface area (Å²) in [6.07, 6.45) is 0. The Balaban J connectivity index is 1.52. The molecule has 6 aromatic rings. The summed E-state index contributed by atoms with van der Waals surface area (Å²) in [5, 5.41) is 20.3. The Morgan fingerprint density at radius 1 is 0.721 bits per heavy atom. The molecule has 1 heterocycles. The molecular formula is C34H26N2O6S. The maximum atomic E-state index is 12.1. The monoisotopic (exact) mass is 590 g/mol. The molecule has 3 N–H and O–H groups in total. The number of fused-ring (bicyclic) bond motifs is 2. The quantitative estimate of drug-likeness (QED) is 0.101. The SMILES string of the molecule is Cc1ccccc1Nc1ccc2c(-c3ccccc3C(=O)[O-])c3ccc(Nc4ccc(S(=O)(=O)O)cc4C)cc3[o+]c2c1.